The Morgan fingerprint density at radius 3 is 3.00 bits per heavy atom. The highest BCUT2D eigenvalue weighted by Gasteiger charge is 2.11. The first-order valence-electron chi connectivity index (χ1n) is 5.26. The molecule has 0 aromatic rings. The van der Waals surface area contributed by atoms with E-state index < -0.39 is 0 Å². The van der Waals surface area contributed by atoms with Gasteiger partial charge in [0.15, 0.2) is 0 Å². The van der Waals surface area contributed by atoms with Crippen LogP contribution in [0.2, 0.25) is 0 Å². The number of amides is 1. The fourth-order valence-electron chi connectivity index (χ4n) is 1.32. The number of hydrogen-bond donors (Lipinski definition) is 2. The average molecular weight is 298 g/mol. The van der Waals surface area contributed by atoms with Gasteiger partial charge >= 0.3 is 0 Å². The van der Waals surface area contributed by atoms with E-state index in [4.69, 9.17) is 0 Å². The molecule has 17 heavy (non-hydrogen) atoms. The van der Waals surface area contributed by atoms with Gasteiger partial charge in [0, 0.05) is 12.8 Å². The molecule has 2 rings (SSSR count). The van der Waals surface area contributed by atoms with Gasteiger partial charge < -0.3 is 0 Å². The summed E-state index contributed by atoms with van der Waals surface area (Å²) in [6, 6.07) is 0. The van der Waals surface area contributed by atoms with E-state index in [-0.39, 0.29) is 10.7 Å². The lowest BCUT2D eigenvalue weighted by molar-refractivity contribution is -0.115. The number of carbonyl (C=O) groups is 1. The van der Waals surface area contributed by atoms with Crippen LogP contribution >= 0.6 is 15.9 Å². The summed E-state index contributed by atoms with van der Waals surface area (Å²) >= 11 is 3.36. The van der Waals surface area contributed by atoms with Crippen molar-refractivity contribution in [3.8, 4) is 0 Å². The molecule has 0 fully saturated rings. The number of nitrogens with one attached hydrogen (secondary N) is 2. The lowest BCUT2D eigenvalue weighted by Crippen LogP contribution is -2.45. The van der Waals surface area contributed by atoms with Crippen LogP contribution in [0, 0.1) is 0 Å². The van der Waals surface area contributed by atoms with Crippen LogP contribution in [-0.4, -0.2) is 41.7 Å². The molecule has 0 radical (unpaired) electrons. The quantitative estimate of drug-likeness (QED) is 0.536. The molecule has 0 bridgehead atoms. The maximum absolute atomic E-state index is 11.6. The first-order chi connectivity index (χ1) is 8.25. The Balaban J connectivity index is 1.83. The van der Waals surface area contributed by atoms with Crippen molar-refractivity contribution in [3.63, 3.8) is 0 Å². The number of hydrazine groups is 1. The van der Waals surface area contributed by atoms with Crippen molar-refractivity contribution in [1.82, 2.24) is 10.9 Å². The maximum atomic E-state index is 11.6. The van der Waals surface area contributed by atoms with E-state index in [2.05, 4.69) is 41.8 Å². The van der Waals surface area contributed by atoms with Crippen LogP contribution in [0.3, 0.4) is 0 Å². The van der Waals surface area contributed by atoms with E-state index in [9.17, 15) is 4.79 Å². The Hall–Kier alpha value is -1.50. The molecule has 0 aliphatic carbocycles. The van der Waals surface area contributed by atoms with Crippen molar-refractivity contribution < 1.29 is 4.79 Å². The third-order valence-electron chi connectivity index (χ3n) is 2.15. The molecule has 0 saturated heterocycles. The van der Waals surface area contributed by atoms with Gasteiger partial charge in [-0.25, -0.2) is 9.98 Å². The number of guanidine groups is 1. The fourth-order valence-corrected chi connectivity index (χ4v) is 1.58. The molecule has 2 heterocycles. The van der Waals surface area contributed by atoms with Gasteiger partial charge in [0.25, 0.3) is 5.91 Å². The van der Waals surface area contributed by atoms with Gasteiger partial charge in [-0.3, -0.25) is 20.6 Å². The van der Waals surface area contributed by atoms with Crippen LogP contribution in [0.4, 0.5) is 0 Å². The van der Waals surface area contributed by atoms with Crippen molar-refractivity contribution in [1.29, 1.82) is 0 Å². The normalized spacial score (nSPS) is 22.8. The van der Waals surface area contributed by atoms with Gasteiger partial charge in [-0.2, -0.15) is 0 Å². The van der Waals surface area contributed by atoms with Gasteiger partial charge in [-0.15, -0.1) is 0 Å². The van der Waals surface area contributed by atoms with Crippen molar-refractivity contribution in [2.24, 2.45) is 15.0 Å². The molecule has 6 nitrogen and oxygen atoms in total. The number of dihydropyridines is 1. The Morgan fingerprint density at radius 1 is 1.47 bits per heavy atom. The smallest absolute Gasteiger partial charge is 0.279 e. The Bertz CT molecular complexity index is 426. The highest BCUT2D eigenvalue weighted by molar-refractivity contribution is 9.10. The van der Waals surface area contributed by atoms with Crippen molar-refractivity contribution in [2.75, 3.05) is 13.1 Å². The summed E-state index contributed by atoms with van der Waals surface area (Å²) < 4.78 is 0. The zero-order chi connectivity index (χ0) is 12.1. The van der Waals surface area contributed by atoms with Gasteiger partial charge in [-0.05, 0) is 12.5 Å². The molecule has 7 heteroatoms. The second kappa shape index (κ2) is 5.72. The second-order valence-electron chi connectivity index (χ2n) is 3.50. The fraction of sp³-hybridized carbons (Fsp3) is 0.400. The second-order valence-corrected chi connectivity index (χ2v) is 4.67. The molecule has 2 aliphatic heterocycles. The predicted octanol–water partition coefficient (Wildman–Crippen LogP) is 0.212. The lowest BCUT2D eigenvalue weighted by atomic mass is 10.2. The molecule has 1 atom stereocenters. The molecule has 1 unspecified atom stereocenters. The highest BCUT2D eigenvalue weighted by atomic mass is 79.9. The van der Waals surface area contributed by atoms with Crippen LogP contribution in [0.25, 0.3) is 0 Å². The lowest BCUT2D eigenvalue weighted by Gasteiger charge is -2.12. The third kappa shape index (κ3) is 3.48. The number of alkyl halides is 1. The number of hydrogen-bond acceptors (Lipinski definition) is 5. The van der Waals surface area contributed by atoms with Crippen LogP contribution in [0.15, 0.2) is 27.1 Å². The summed E-state index contributed by atoms with van der Waals surface area (Å²) in [7, 11) is 0. The molecule has 0 aromatic carbocycles. The Labute approximate surface area is 107 Å². The summed E-state index contributed by atoms with van der Waals surface area (Å²) in [5.74, 6) is 0.120. The zero-order valence-corrected chi connectivity index (χ0v) is 10.6. The van der Waals surface area contributed by atoms with Crippen LogP contribution in [0.5, 0.6) is 0 Å². The molecule has 1 amide bonds. The summed E-state index contributed by atoms with van der Waals surface area (Å²) in [5, 5.41) is 0. The van der Waals surface area contributed by atoms with E-state index in [1.807, 2.05) is 6.08 Å². The predicted molar refractivity (Wildman–Crippen MR) is 70.8 cm³/mol. The third-order valence-corrected chi connectivity index (χ3v) is 2.67. The number of nitrogens with zero attached hydrogens (tertiary/aromatic N) is 3. The molecule has 0 spiro atoms. The van der Waals surface area contributed by atoms with Crippen molar-refractivity contribution >= 4 is 39.7 Å². The molecule has 0 saturated carbocycles. The SMILES string of the molecule is O=C(NNC1=NCC(Br)C=N1)C1=NCCC=C1. The average Bonchev–Trinajstić information content (AvgIpc) is 2.39. The standard InChI is InChI=1S/C10H12BrN5O/c11-7-5-13-10(14-6-7)16-15-9(17)8-3-1-2-4-12-8/h1,3,5,7H,2,4,6H2,(H,14,16)(H,15,17). The molecular weight excluding hydrogens is 286 g/mol. The number of rotatable bonds is 1. The largest absolute Gasteiger partial charge is 0.287 e. The van der Waals surface area contributed by atoms with Crippen LogP contribution in [-0.2, 0) is 4.79 Å². The molecule has 2 N–H and O–H groups in total. The summed E-state index contributed by atoms with van der Waals surface area (Å²) in [6.07, 6.45) is 6.24. The van der Waals surface area contributed by atoms with E-state index in [0.29, 0.717) is 24.8 Å². The molecule has 2 aliphatic rings. The number of halogens is 1. The summed E-state index contributed by atoms with van der Waals surface area (Å²) in [5.41, 5.74) is 5.58. The van der Waals surface area contributed by atoms with Crippen molar-refractivity contribution in [3.05, 3.63) is 12.2 Å². The molecular formula is C10H12BrN5O. The first kappa shape index (κ1) is 12.0. The van der Waals surface area contributed by atoms with Gasteiger partial charge in [0.05, 0.1) is 11.4 Å². The van der Waals surface area contributed by atoms with E-state index in [1.165, 1.54) is 0 Å². The highest BCUT2D eigenvalue weighted by Crippen LogP contribution is 2.01. The minimum Gasteiger partial charge on any atom is -0.279 e. The van der Waals surface area contributed by atoms with Gasteiger partial charge in [0.1, 0.15) is 5.71 Å². The van der Waals surface area contributed by atoms with Gasteiger partial charge in [-0.1, -0.05) is 22.0 Å². The number of carbonyl (C=O) groups excluding carboxylic acids is 1. The topological polar surface area (TPSA) is 78.2 Å². The van der Waals surface area contributed by atoms with E-state index in [1.54, 1.807) is 12.3 Å². The maximum Gasteiger partial charge on any atom is 0.287 e. The Morgan fingerprint density at radius 2 is 2.35 bits per heavy atom. The van der Waals surface area contributed by atoms with Crippen LogP contribution in [0.1, 0.15) is 6.42 Å². The summed E-state index contributed by atoms with van der Waals surface area (Å²) in [6.45, 7) is 1.26. The minimum absolute atomic E-state index is 0.161. The zero-order valence-electron chi connectivity index (χ0n) is 9.06. The van der Waals surface area contributed by atoms with E-state index >= 15 is 0 Å². The van der Waals surface area contributed by atoms with Crippen molar-refractivity contribution in [2.45, 2.75) is 11.2 Å². The summed E-state index contributed by atoms with van der Waals surface area (Å²) in [4.78, 5) is 24.0. The first-order valence-corrected chi connectivity index (χ1v) is 6.17. The molecule has 0 aromatic heterocycles. The van der Waals surface area contributed by atoms with E-state index in [0.717, 1.165) is 6.42 Å². The van der Waals surface area contributed by atoms with Crippen LogP contribution < -0.4 is 10.9 Å². The monoisotopic (exact) mass is 297 g/mol. The Kier molecular flexibility index (Phi) is 4.03. The van der Waals surface area contributed by atoms with Gasteiger partial charge in [0.2, 0.25) is 5.96 Å². The molecule has 90 valence electrons. The minimum atomic E-state index is -0.278. The number of aliphatic imine (C=N–C) groups is 3.